The third-order valence-electron chi connectivity index (χ3n) is 6.56. The second-order valence-electron chi connectivity index (χ2n) is 8.27. The van der Waals surface area contributed by atoms with Crippen molar-refractivity contribution in [2.45, 2.75) is 38.6 Å². The second-order valence-corrected chi connectivity index (χ2v) is 8.70. The molecule has 3 aliphatic carbocycles. The molecule has 3 saturated carbocycles. The average Bonchev–Trinajstić information content (AvgIpc) is 3.19. The molecule has 3 fully saturated rings. The number of anilines is 1. The van der Waals surface area contributed by atoms with Gasteiger partial charge in [-0.3, -0.25) is 4.79 Å². The molecule has 3 aromatic heterocycles. The minimum absolute atomic E-state index is 0.0983. The van der Waals surface area contributed by atoms with Gasteiger partial charge in [0.1, 0.15) is 5.65 Å². The number of hydrogen-bond acceptors (Lipinski definition) is 6. The van der Waals surface area contributed by atoms with Crippen molar-refractivity contribution < 1.29 is 13.9 Å². The highest BCUT2D eigenvalue weighted by Gasteiger charge is 2.48. The molecule has 6 rings (SSSR count). The SMILES string of the molecule is CCOC(=O)[C@H]1C2CCC(CC2)[C@@H]1Nc1nc(-c2c[nH]c3ncc(Cl)cc23)ncc1F. The Hall–Kier alpha value is -2.74. The molecular formula is C22H23ClFN5O2. The number of hydrogen-bond donors (Lipinski definition) is 2. The zero-order chi connectivity index (χ0) is 21.5. The van der Waals surface area contributed by atoms with E-state index in [2.05, 4.69) is 25.3 Å². The molecule has 2 atom stereocenters. The van der Waals surface area contributed by atoms with Gasteiger partial charge < -0.3 is 15.0 Å². The van der Waals surface area contributed by atoms with Gasteiger partial charge in [0.05, 0.1) is 23.7 Å². The summed E-state index contributed by atoms with van der Waals surface area (Å²) >= 11 is 6.09. The standard InChI is InChI=1S/C22H23ClFN5O2/c1-2-31-22(30)17-11-3-5-12(6-4-11)18(17)28-21-16(24)10-27-20(29-21)15-9-26-19-14(15)7-13(23)8-25-19/h7-12,17-18H,2-6H2,1H3,(H,25,26)(H,27,28,29)/t11?,12?,17-,18-/m0/s1. The van der Waals surface area contributed by atoms with Gasteiger partial charge in [0, 0.05) is 29.4 Å². The Morgan fingerprint density at radius 1 is 1.26 bits per heavy atom. The average molecular weight is 444 g/mol. The van der Waals surface area contributed by atoms with Crippen LogP contribution in [-0.2, 0) is 9.53 Å². The number of nitrogens with one attached hydrogen (secondary N) is 2. The maximum atomic E-state index is 14.7. The monoisotopic (exact) mass is 443 g/mol. The van der Waals surface area contributed by atoms with E-state index in [-0.39, 0.29) is 35.6 Å². The maximum absolute atomic E-state index is 14.7. The Balaban J connectivity index is 1.49. The third kappa shape index (κ3) is 3.63. The highest BCUT2D eigenvalue weighted by Crippen LogP contribution is 2.46. The number of rotatable bonds is 5. The molecule has 3 heterocycles. The van der Waals surface area contributed by atoms with Crippen molar-refractivity contribution in [3.05, 3.63) is 35.5 Å². The molecular weight excluding hydrogens is 421 g/mol. The molecule has 31 heavy (non-hydrogen) atoms. The normalized spacial score (nSPS) is 25.0. The van der Waals surface area contributed by atoms with E-state index in [0.717, 1.165) is 37.3 Å². The Bertz CT molecular complexity index is 1130. The molecule has 3 aliphatic rings. The molecule has 9 heteroatoms. The van der Waals surface area contributed by atoms with Crippen LogP contribution in [0.1, 0.15) is 32.6 Å². The van der Waals surface area contributed by atoms with E-state index in [1.165, 1.54) is 0 Å². The zero-order valence-corrected chi connectivity index (χ0v) is 17.8. The summed E-state index contributed by atoms with van der Waals surface area (Å²) in [6.45, 7) is 2.14. The smallest absolute Gasteiger partial charge is 0.311 e. The predicted molar refractivity (Wildman–Crippen MR) is 115 cm³/mol. The lowest BCUT2D eigenvalue weighted by atomic mass is 9.61. The van der Waals surface area contributed by atoms with Crippen LogP contribution in [0.15, 0.2) is 24.7 Å². The number of carbonyl (C=O) groups is 1. The predicted octanol–water partition coefficient (Wildman–Crippen LogP) is 4.59. The van der Waals surface area contributed by atoms with Crippen molar-refractivity contribution in [1.29, 1.82) is 0 Å². The van der Waals surface area contributed by atoms with Crippen molar-refractivity contribution in [1.82, 2.24) is 19.9 Å². The number of H-pyrrole nitrogens is 1. The Morgan fingerprint density at radius 2 is 2.03 bits per heavy atom. The molecule has 2 N–H and O–H groups in total. The van der Waals surface area contributed by atoms with Crippen LogP contribution in [0.3, 0.4) is 0 Å². The molecule has 7 nitrogen and oxygen atoms in total. The highest BCUT2D eigenvalue weighted by molar-refractivity contribution is 6.31. The van der Waals surface area contributed by atoms with Gasteiger partial charge in [0.25, 0.3) is 0 Å². The first-order valence-electron chi connectivity index (χ1n) is 10.6. The maximum Gasteiger partial charge on any atom is 0.311 e. The topological polar surface area (TPSA) is 92.8 Å². The first kappa shape index (κ1) is 20.2. The number of nitrogens with zero attached hydrogens (tertiary/aromatic N) is 3. The van der Waals surface area contributed by atoms with Gasteiger partial charge in [-0.15, -0.1) is 0 Å². The van der Waals surface area contributed by atoms with Gasteiger partial charge in [-0.25, -0.2) is 19.3 Å². The van der Waals surface area contributed by atoms with E-state index in [1.807, 2.05) is 0 Å². The summed E-state index contributed by atoms with van der Waals surface area (Å²) in [5.41, 5.74) is 1.33. The lowest BCUT2D eigenvalue weighted by Crippen LogP contribution is -2.52. The molecule has 162 valence electrons. The summed E-state index contributed by atoms with van der Waals surface area (Å²) in [5.74, 6) is -0.0540. The van der Waals surface area contributed by atoms with Gasteiger partial charge in [0.2, 0.25) is 0 Å². The number of pyridine rings is 1. The zero-order valence-electron chi connectivity index (χ0n) is 17.1. The van der Waals surface area contributed by atoms with Crippen LogP contribution in [-0.4, -0.2) is 38.6 Å². The molecule has 0 aliphatic heterocycles. The van der Waals surface area contributed by atoms with Crippen LogP contribution in [0.25, 0.3) is 22.4 Å². The van der Waals surface area contributed by atoms with E-state index >= 15 is 0 Å². The summed E-state index contributed by atoms with van der Waals surface area (Å²) < 4.78 is 20.1. The summed E-state index contributed by atoms with van der Waals surface area (Å²) in [5, 5.41) is 4.50. The fraction of sp³-hybridized carbons (Fsp3) is 0.455. The van der Waals surface area contributed by atoms with E-state index in [1.54, 1.807) is 25.4 Å². The fourth-order valence-electron chi connectivity index (χ4n) is 5.15. The van der Waals surface area contributed by atoms with Gasteiger partial charge in [-0.05, 0) is 50.5 Å². The Kier molecular flexibility index (Phi) is 5.25. The van der Waals surface area contributed by atoms with E-state index in [0.29, 0.717) is 28.7 Å². The summed E-state index contributed by atoms with van der Waals surface area (Å²) in [7, 11) is 0. The lowest BCUT2D eigenvalue weighted by Gasteiger charge is -2.47. The van der Waals surface area contributed by atoms with E-state index in [4.69, 9.17) is 16.3 Å². The number of fused-ring (bicyclic) bond motifs is 4. The van der Waals surface area contributed by atoms with Crippen LogP contribution in [0.2, 0.25) is 5.02 Å². The van der Waals surface area contributed by atoms with Crippen molar-refractivity contribution in [2.75, 3.05) is 11.9 Å². The van der Waals surface area contributed by atoms with Crippen molar-refractivity contribution in [3.8, 4) is 11.4 Å². The fourth-order valence-corrected chi connectivity index (χ4v) is 5.31. The second kappa shape index (κ2) is 8.07. The van der Waals surface area contributed by atoms with Crippen LogP contribution in [0.5, 0.6) is 0 Å². The summed E-state index contributed by atoms with van der Waals surface area (Å²) in [6.07, 6.45) is 8.49. The van der Waals surface area contributed by atoms with Crippen LogP contribution < -0.4 is 5.32 Å². The lowest BCUT2D eigenvalue weighted by molar-refractivity contribution is -0.154. The van der Waals surface area contributed by atoms with E-state index < -0.39 is 5.82 Å². The number of aromatic amines is 1. The van der Waals surface area contributed by atoms with Gasteiger partial charge >= 0.3 is 5.97 Å². The van der Waals surface area contributed by atoms with Gasteiger partial charge in [-0.1, -0.05) is 11.6 Å². The Labute approximate surface area is 183 Å². The number of carbonyl (C=O) groups excluding carboxylic acids is 1. The number of aromatic nitrogens is 4. The van der Waals surface area contributed by atoms with Crippen molar-refractivity contribution in [2.24, 2.45) is 17.8 Å². The highest BCUT2D eigenvalue weighted by atomic mass is 35.5. The molecule has 0 unspecified atom stereocenters. The molecule has 0 radical (unpaired) electrons. The van der Waals surface area contributed by atoms with Crippen LogP contribution >= 0.6 is 11.6 Å². The van der Waals surface area contributed by atoms with Gasteiger partial charge in [0.15, 0.2) is 17.5 Å². The number of esters is 1. The number of halogens is 2. The van der Waals surface area contributed by atoms with Crippen LogP contribution in [0, 0.1) is 23.6 Å². The summed E-state index contributed by atoms with van der Waals surface area (Å²) in [4.78, 5) is 28.7. The first-order valence-corrected chi connectivity index (χ1v) is 11.0. The van der Waals surface area contributed by atoms with Crippen molar-refractivity contribution >= 4 is 34.4 Å². The molecule has 0 saturated heterocycles. The molecule has 0 spiro atoms. The molecule has 0 aromatic carbocycles. The van der Waals surface area contributed by atoms with Crippen molar-refractivity contribution in [3.63, 3.8) is 0 Å². The minimum Gasteiger partial charge on any atom is -0.466 e. The molecule has 0 amide bonds. The van der Waals surface area contributed by atoms with E-state index in [9.17, 15) is 9.18 Å². The largest absolute Gasteiger partial charge is 0.466 e. The van der Waals surface area contributed by atoms with Gasteiger partial charge in [-0.2, -0.15) is 0 Å². The number of ether oxygens (including phenoxy) is 1. The summed E-state index contributed by atoms with van der Waals surface area (Å²) in [6, 6.07) is 1.56. The molecule has 2 bridgehead atoms. The van der Waals surface area contributed by atoms with Crippen LogP contribution in [0.4, 0.5) is 10.2 Å². The third-order valence-corrected chi connectivity index (χ3v) is 6.77. The quantitative estimate of drug-likeness (QED) is 0.560. The molecule has 3 aromatic rings. The first-order chi connectivity index (χ1) is 15.0. The minimum atomic E-state index is -0.552. The Morgan fingerprint density at radius 3 is 2.81 bits per heavy atom.